The van der Waals surface area contributed by atoms with E-state index in [-0.39, 0.29) is 6.61 Å². The number of hydrogen-bond acceptors (Lipinski definition) is 2. The molecule has 48 valence electrons. The van der Waals surface area contributed by atoms with Crippen molar-refractivity contribution in [2.75, 3.05) is 6.61 Å². The lowest BCUT2D eigenvalue weighted by Gasteiger charge is -2.06. The molecular formula is C5H10O3. The molecule has 0 bridgehead atoms. The molecule has 1 N–H and O–H groups in total. The molecule has 0 aliphatic carbocycles. The Hall–Kier alpha value is -0.570. The van der Waals surface area contributed by atoms with E-state index < -0.39 is 5.41 Å². The van der Waals surface area contributed by atoms with Crippen LogP contribution in [0.5, 0.6) is 0 Å². The molecule has 0 amide bonds. The quantitative estimate of drug-likeness (QED) is 0.219. The van der Waals surface area contributed by atoms with Gasteiger partial charge in [0.1, 0.15) is 0 Å². The minimum Gasteiger partial charge on any atom is -0.463 e. The highest BCUT2D eigenvalue weighted by atomic mass is 17.1. The molecule has 0 rings (SSSR count). The molecule has 0 saturated carbocycles. The van der Waals surface area contributed by atoms with Crippen LogP contribution in [0, 0.1) is 5.41 Å². The van der Waals surface area contributed by atoms with Gasteiger partial charge in [-0.1, -0.05) is 0 Å². The molecule has 0 aromatic carbocycles. The molecule has 0 aliphatic heterocycles. The molecule has 0 heterocycles. The Morgan fingerprint density at radius 1 is 1.75 bits per heavy atom. The van der Waals surface area contributed by atoms with Gasteiger partial charge in [0.05, 0.1) is 12.0 Å². The molecule has 0 radical (unpaired) electrons. The van der Waals surface area contributed by atoms with E-state index in [4.69, 9.17) is 5.11 Å². The largest absolute Gasteiger partial charge is 0.463 e. The summed E-state index contributed by atoms with van der Waals surface area (Å²) in [4.78, 5) is 0. The van der Waals surface area contributed by atoms with Gasteiger partial charge in [-0.15, -0.1) is 0 Å². The van der Waals surface area contributed by atoms with E-state index in [0.29, 0.717) is 0 Å². The standard InChI is InChI=1S/C5H10O3/c1-5(2,3-6)4-8-7/h4,6H,3H2,1-2H3. The van der Waals surface area contributed by atoms with Gasteiger partial charge in [-0.05, 0) is 13.8 Å². The van der Waals surface area contributed by atoms with E-state index in [1.165, 1.54) is 0 Å². The normalized spacial score (nSPS) is 12.9. The Morgan fingerprint density at radius 3 is 2.38 bits per heavy atom. The van der Waals surface area contributed by atoms with E-state index in [1.54, 1.807) is 13.8 Å². The molecule has 0 spiro atoms. The zero-order valence-corrected chi connectivity index (χ0v) is 5.05. The second-order valence-electron chi connectivity index (χ2n) is 2.36. The van der Waals surface area contributed by atoms with Gasteiger partial charge in [0.25, 0.3) is 0 Å². The first-order chi connectivity index (χ1) is 3.62. The van der Waals surface area contributed by atoms with Gasteiger partial charge in [0.2, 0.25) is 0 Å². The van der Waals surface area contributed by atoms with Crippen LogP contribution in [0.1, 0.15) is 13.8 Å². The van der Waals surface area contributed by atoms with E-state index in [9.17, 15) is 5.26 Å². The maximum Gasteiger partial charge on any atom is 0.326 e. The van der Waals surface area contributed by atoms with Gasteiger partial charge < -0.3 is 10.4 Å². The maximum absolute atomic E-state index is 9.44. The third-order valence-electron chi connectivity index (χ3n) is 0.775. The average Bonchev–Trinajstić information content (AvgIpc) is 1.67. The lowest BCUT2D eigenvalue weighted by atomic mass is 9.98. The predicted molar refractivity (Wildman–Crippen MR) is 26.9 cm³/mol. The molecule has 0 saturated heterocycles. The zero-order valence-electron chi connectivity index (χ0n) is 5.05. The van der Waals surface area contributed by atoms with Gasteiger partial charge in [-0.3, -0.25) is 0 Å². The van der Waals surface area contributed by atoms with Crippen molar-refractivity contribution in [1.29, 1.82) is 0 Å². The smallest absolute Gasteiger partial charge is 0.326 e. The van der Waals surface area contributed by atoms with Crippen LogP contribution in [0.15, 0.2) is 0 Å². The van der Waals surface area contributed by atoms with Crippen LogP contribution >= 0.6 is 0 Å². The fourth-order valence-electron chi connectivity index (χ4n) is 0.168. The van der Waals surface area contributed by atoms with E-state index in [0.717, 1.165) is 6.29 Å². The van der Waals surface area contributed by atoms with Crippen molar-refractivity contribution in [3.63, 3.8) is 0 Å². The molecule has 0 atom stereocenters. The van der Waals surface area contributed by atoms with Crippen molar-refractivity contribution in [3.8, 4) is 0 Å². The number of hydrogen-bond donors (Lipinski definition) is 1. The van der Waals surface area contributed by atoms with Crippen molar-refractivity contribution in [1.82, 2.24) is 0 Å². The molecule has 0 fully saturated rings. The van der Waals surface area contributed by atoms with E-state index in [1.807, 2.05) is 0 Å². The number of aliphatic hydroxyl groups is 1. The van der Waals surface area contributed by atoms with Crippen LogP contribution in [0.3, 0.4) is 0 Å². The number of aldehydes is 1. The van der Waals surface area contributed by atoms with Crippen LogP contribution in [0.2, 0.25) is 0 Å². The van der Waals surface area contributed by atoms with Crippen LogP contribution in [0.25, 0.3) is 0 Å². The topological polar surface area (TPSA) is 54.6 Å². The van der Waals surface area contributed by atoms with Gasteiger partial charge in [-0.2, -0.15) is 4.58 Å². The summed E-state index contributed by atoms with van der Waals surface area (Å²) >= 11 is 0. The molecule has 3 heteroatoms. The highest BCUT2D eigenvalue weighted by Gasteiger charge is 2.19. The van der Waals surface area contributed by atoms with Crippen LogP contribution in [0.4, 0.5) is 0 Å². The average molecular weight is 118 g/mol. The van der Waals surface area contributed by atoms with Crippen LogP contribution < -0.4 is 5.26 Å². The maximum atomic E-state index is 9.44. The second kappa shape index (κ2) is 2.67. The third-order valence-corrected chi connectivity index (χ3v) is 0.775. The van der Waals surface area contributed by atoms with Crippen molar-refractivity contribution in [2.45, 2.75) is 13.8 Å². The summed E-state index contributed by atoms with van der Waals surface area (Å²) in [6.45, 7) is 3.32. The van der Waals surface area contributed by atoms with Crippen molar-refractivity contribution >= 4 is 6.29 Å². The molecule has 8 heavy (non-hydrogen) atoms. The van der Waals surface area contributed by atoms with Crippen molar-refractivity contribution in [3.05, 3.63) is 0 Å². The highest BCUT2D eigenvalue weighted by Crippen LogP contribution is 2.07. The first-order valence-electron chi connectivity index (χ1n) is 2.36. The van der Waals surface area contributed by atoms with Gasteiger partial charge >= 0.3 is 6.29 Å². The Bertz CT molecular complexity index is 85.7. The Labute approximate surface area is 48.2 Å². The number of rotatable bonds is 2. The fraction of sp³-hybridized carbons (Fsp3) is 0.800. The fourth-order valence-corrected chi connectivity index (χ4v) is 0.168. The van der Waals surface area contributed by atoms with Crippen LogP contribution in [-0.2, 0) is 4.58 Å². The summed E-state index contributed by atoms with van der Waals surface area (Å²) in [5, 5.41) is 17.9. The summed E-state index contributed by atoms with van der Waals surface area (Å²) in [6.07, 6.45) is 1.06. The van der Waals surface area contributed by atoms with Gasteiger partial charge in [-0.25, -0.2) is 0 Å². The minimum absolute atomic E-state index is 0.0742. The summed E-state index contributed by atoms with van der Waals surface area (Å²) in [5.74, 6) is 0. The summed E-state index contributed by atoms with van der Waals surface area (Å²) in [5.41, 5.74) is -0.512. The highest BCUT2D eigenvalue weighted by molar-refractivity contribution is 5.58. The number of aliphatic hydroxyl groups excluding tert-OH is 1. The third kappa shape index (κ3) is 2.58. The van der Waals surface area contributed by atoms with Crippen LogP contribution in [-0.4, -0.2) is 18.0 Å². The predicted octanol–water partition coefficient (Wildman–Crippen LogP) is -0.985. The first-order valence-corrected chi connectivity index (χ1v) is 2.36. The minimum atomic E-state index is -0.512. The first kappa shape index (κ1) is 7.43. The Balaban J connectivity index is 3.71. The lowest BCUT2D eigenvalue weighted by Crippen LogP contribution is -2.21. The molecule has 3 nitrogen and oxygen atoms in total. The molecule has 0 aromatic rings. The summed E-state index contributed by atoms with van der Waals surface area (Å²) in [6, 6.07) is 0. The molecule has 0 unspecified atom stereocenters. The summed E-state index contributed by atoms with van der Waals surface area (Å²) in [7, 11) is 0. The Morgan fingerprint density at radius 2 is 2.25 bits per heavy atom. The van der Waals surface area contributed by atoms with Crippen molar-refractivity contribution < 1.29 is 14.9 Å². The Kier molecular flexibility index (Phi) is 2.48. The van der Waals surface area contributed by atoms with E-state index >= 15 is 0 Å². The molecular weight excluding hydrogens is 108 g/mol. The molecule has 0 aliphatic rings. The van der Waals surface area contributed by atoms with E-state index in [2.05, 4.69) is 4.58 Å². The lowest BCUT2D eigenvalue weighted by molar-refractivity contribution is -1.04. The van der Waals surface area contributed by atoms with Gasteiger partial charge in [0, 0.05) is 0 Å². The van der Waals surface area contributed by atoms with Crippen molar-refractivity contribution in [2.24, 2.45) is 5.41 Å². The molecule has 0 aromatic heterocycles. The monoisotopic (exact) mass is 118 g/mol. The second-order valence-corrected chi connectivity index (χ2v) is 2.36. The van der Waals surface area contributed by atoms with Gasteiger partial charge in [0.15, 0.2) is 0 Å². The number of carbonyl (C=O) groups excluding carboxylic acids is 1. The zero-order chi connectivity index (χ0) is 6.62. The summed E-state index contributed by atoms with van der Waals surface area (Å²) < 4.78 is 3.46. The SMILES string of the molecule is CC(C)(C=[O+][O-])CO.